The van der Waals surface area contributed by atoms with E-state index in [0.717, 1.165) is 11.3 Å². The van der Waals surface area contributed by atoms with Crippen LogP contribution in [0.3, 0.4) is 0 Å². The molecule has 2 heterocycles. The maximum absolute atomic E-state index is 13.6. The molecular weight excluding hydrogens is 597 g/mol. The fraction of sp³-hybridized carbons (Fsp3) is 0.281. The molecule has 0 bridgehead atoms. The molecule has 1 aromatic heterocycles. The number of Topliss-reactive ketones (excluding diaryl/α,β-unsaturated/α-hetero) is 1. The van der Waals surface area contributed by atoms with Crippen LogP contribution >= 0.6 is 23.1 Å². The number of thioether (sulfide) groups is 1. The second kappa shape index (κ2) is 13.0. The Bertz CT molecular complexity index is 1720. The number of carbonyl (C=O) groups excluding carboxylic acids is 2. The molecule has 1 atom stereocenters. The van der Waals surface area contributed by atoms with Gasteiger partial charge in [-0.1, -0.05) is 79.4 Å². The average Bonchev–Trinajstić information content (AvgIpc) is 3.47. The molecule has 44 heavy (non-hydrogen) atoms. The van der Waals surface area contributed by atoms with E-state index in [-0.39, 0.29) is 34.3 Å². The van der Waals surface area contributed by atoms with Crippen LogP contribution in [-0.2, 0) is 9.59 Å². The molecule has 3 N–H and O–H groups in total. The summed E-state index contributed by atoms with van der Waals surface area (Å²) in [6.45, 7) is 4.08. The van der Waals surface area contributed by atoms with E-state index in [2.05, 4.69) is 21.6 Å². The van der Waals surface area contributed by atoms with Crippen LogP contribution in [0.2, 0.25) is 0 Å². The highest BCUT2D eigenvalue weighted by Crippen LogP contribution is 2.48. The molecule has 1 amide bonds. The van der Waals surface area contributed by atoms with Crippen LogP contribution in [0.25, 0.3) is 6.08 Å². The lowest BCUT2D eigenvalue weighted by Crippen LogP contribution is -2.42. The first-order valence-corrected chi connectivity index (χ1v) is 15.6. The summed E-state index contributed by atoms with van der Waals surface area (Å²) in [5.41, 5.74) is 9.46. The van der Waals surface area contributed by atoms with Crippen LogP contribution in [-0.4, -0.2) is 41.9 Å². The largest absolute Gasteiger partial charge is 0.493 e. The second-order valence-electron chi connectivity index (χ2n) is 11.1. The number of ether oxygens (including phenoxy) is 2. The fourth-order valence-corrected chi connectivity index (χ4v) is 7.00. The van der Waals surface area contributed by atoms with Gasteiger partial charge in [0.2, 0.25) is 11.0 Å². The Morgan fingerprint density at radius 2 is 1.93 bits per heavy atom. The third-order valence-corrected chi connectivity index (χ3v) is 9.33. The molecule has 1 unspecified atom stereocenters. The van der Waals surface area contributed by atoms with Gasteiger partial charge in [-0.25, -0.2) is 0 Å². The van der Waals surface area contributed by atoms with Gasteiger partial charge in [0.15, 0.2) is 21.6 Å². The number of nitriles is 1. The van der Waals surface area contributed by atoms with Crippen molar-refractivity contribution in [2.24, 2.45) is 17.1 Å². The number of methoxy groups -OCH3 is 2. The van der Waals surface area contributed by atoms with Crippen LogP contribution < -0.4 is 25.4 Å². The minimum Gasteiger partial charge on any atom is -0.493 e. The molecule has 2 aliphatic rings. The smallest absolute Gasteiger partial charge is 0.234 e. The van der Waals surface area contributed by atoms with E-state index < -0.39 is 5.92 Å². The van der Waals surface area contributed by atoms with E-state index in [1.165, 1.54) is 30.2 Å². The zero-order chi connectivity index (χ0) is 31.4. The van der Waals surface area contributed by atoms with E-state index >= 15 is 0 Å². The summed E-state index contributed by atoms with van der Waals surface area (Å²) < 4.78 is 11.1. The molecular formula is C32H32N6O4S2. The highest BCUT2D eigenvalue weighted by molar-refractivity contribution is 8.01. The van der Waals surface area contributed by atoms with Crippen molar-refractivity contribution >= 4 is 51.7 Å². The quantitative estimate of drug-likeness (QED) is 0.280. The zero-order valence-corrected chi connectivity index (χ0v) is 26.4. The van der Waals surface area contributed by atoms with Gasteiger partial charge in [0.1, 0.15) is 5.82 Å². The van der Waals surface area contributed by atoms with Gasteiger partial charge < -0.3 is 20.5 Å². The van der Waals surface area contributed by atoms with Gasteiger partial charge in [-0.15, -0.1) is 10.2 Å². The second-order valence-corrected chi connectivity index (χ2v) is 13.2. The summed E-state index contributed by atoms with van der Waals surface area (Å²) in [6.07, 6.45) is 4.72. The number of ketones is 1. The molecule has 5 rings (SSSR count). The topological polar surface area (TPSA) is 143 Å². The third kappa shape index (κ3) is 6.49. The van der Waals surface area contributed by atoms with Crippen molar-refractivity contribution in [2.45, 2.75) is 31.0 Å². The number of carbonyl (C=O) groups is 2. The van der Waals surface area contributed by atoms with Gasteiger partial charge >= 0.3 is 0 Å². The fourth-order valence-electron chi connectivity index (χ4n) is 5.32. The first-order valence-electron chi connectivity index (χ1n) is 13.8. The number of allylic oxidation sites excluding steroid dienone is 4. The number of rotatable bonds is 9. The molecule has 0 radical (unpaired) electrons. The Balaban J connectivity index is 1.39. The number of amides is 1. The average molecular weight is 629 g/mol. The first-order chi connectivity index (χ1) is 21.1. The van der Waals surface area contributed by atoms with Crippen molar-refractivity contribution in [1.82, 2.24) is 10.2 Å². The minimum atomic E-state index is -0.572. The van der Waals surface area contributed by atoms with Crippen molar-refractivity contribution in [1.29, 1.82) is 5.26 Å². The number of benzene rings is 2. The van der Waals surface area contributed by atoms with Gasteiger partial charge in [-0.3, -0.25) is 14.5 Å². The van der Waals surface area contributed by atoms with Gasteiger partial charge in [-0.2, -0.15) is 5.26 Å². The molecule has 0 saturated carbocycles. The van der Waals surface area contributed by atoms with Crippen molar-refractivity contribution in [3.05, 3.63) is 82.8 Å². The van der Waals surface area contributed by atoms with Crippen molar-refractivity contribution < 1.29 is 19.1 Å². The standard InChI is InChI=1S/C32H32N6O4S2/c1-32(2)15-23-28(24(39)16-32)21(12-10-19-8-6-5-7-9-19)22(17-33)29(34)38(23)30-36-37-31(44-30)43-18-27(40)35-20-11-13-25(41-3)26(14-20)42-4/h5-14,21H,15-16,18,34H2,1-4H3,(H,35,40)/b12-10+. The highest BCUT2D eigenvalue weighted by atomic mass is 32.2. The maximum atomic E-state index is 13.6. The number of nitrogens with one attached hydrogen (secondary N) is 1. The Kier molecular flexibility index (Phi) is 9.08. The number of anilines is 2. The van der Waals surface area contributed by atoms with Crippen LogP contribution in [0, 0.1) is 22.7 Å². The molecule has 12 heteroatoms. The van der Waals surface area contributed by atoms with E-state index in [0.29, 0.717) is 45.1 Å². The summed E-state index contributed by atoms with van der Waals surface area (Å²) in [5.74, 6) is 0.549. The summed E-state index contributed by atoms with van der Waals surface area (Å²) >= 11 is 2.47. The Morgan fingerprint density at radius 1 is 1.18 bits per heavy atom. The summed E-state index contributed by atoms with van der Waals surface area (Å²) in [4.78, 5) is 28.0. The van der Waals surface area contributed by atoms with Gasteiger partial charge in [0.05, 0.1) is 31.6 Å². The van der Waals surface area contributed by atoms with Crippen molar-refractivity contribution in [3.8, 4) is 17.6 Å². The Morgan fingerprint density at radius 3 is 2.64 bits per heavy atom. The third-order valence-electron chi connectivity index (χ3n) is 7.29. The van der Waals surface area contributed by atoms with Gasteiger partial charge in [0.25, 0.3) is 0 Å². The van der Waals surface area contributed by atoms with Crippen LogP contribution in [0.15, 0.2) is 81.6 Å². The van der Waals surface area contributed by atoms with Gasteiger partial charge in [0, 0.05) is 35.4 Å². The summed E-state index contributed by atoms with van der Waals surface area (Å²) in [6, 6.07) is 17.1. The van der Waals surface area contributed by atoms with E-state index in [4.69, 9.17) is 15.2 Å². The van der Waals surface area contributed by atoms with Crippen LogP contribution in [0.4, 0.5) is 10.8 Å². The lowest BCUT2D eigenvalue weighted by Gasteiger charge is -2.41. The number of nitrogens with zero attached hydrogens (tertiary/aromatic N) is 4. The number of nitrogens with two attached hydrogens (primary N) is 1. The lowest BCUT2D eigenvalue weighted by molar-refractivity contribution is -0.118. The molecule has 0 saturated heterocycles. The molecule has 0 fully saturated rings. The normalized spacial score (nSPS) is 17.8. The monoisotopic (exact) mass is 628 g/mol. The first kappa shape index (κ1) is 30.8. The molecule has 3 aromatic rings. The van der Waals surface area contributed by atoms with Gasteiger partial charge in [-0.05, 0) is 29.5 Å². The van der Waals surface area contributed by atoms with Crippen LogP contribution in [0.5, 0.6) is 11.5 Å². The summed E-state index contributed by atoms with van der Waals surface area (Å²) in [5, 5.41) is 22.2. The zero-order valence-electron chi connectivity index (χ0n) is 24.8. The van der Waals surface area contributed by atoms with Crippen LogP contribution in [0.1, 0.15) is 32.3 Å². The minimum absolute atomic E-state index is 0.0184. The molecule has 2 aromatic carbocycles. The lowest BCUT2D eigenvalue weighted by atomic mass is 9.70. The van der Waals surface area contributed by atoms with E-state index in [1.54, 1.807) is 30.2 Å². The highest BCUT2D eigenvalue weighted by Gasteiger charge is 2.44. The van der Waals surface area contributed by atoms with Crippen molar-refractivity contribution in [2.75, 3.05) is 30.2 Å². The predicted molar refractivity (Wildman–Crippen MR) is 172 cm³/mol. The number of hydrogen-bond acceptors (Lipinski definition) is 11. The number of aromatic nitrogens is 2. The molecule has 10 nitrogen and oxygen atoms in total. The molecule has 1 aliphatic heterocycles. The van der Waals surface area contributed by atoms with Crippen molar-refractivity contribution in [3.63, 3.8) is 0 Å². The number of hydrogen-bond donors (Lipinski definition) is 2. The maximum Gasteiger partial charge on any atom is 0.234 e. The predicted octanol–water partition coefficient (Wildman–Crippen LogP) is 5.77. The SMILES string of the molecule is COc1ccc(NC(=O)CSc2nnc(N3C(N)=C(C#N)C(/C=C/c4ccccc4)C4=C3CC(C)(C)CC4=O)s2)cc1OC. The Hall–Kier alpha value is -4.60. The Labute approximate surface area is 264 Å². The van der Waals surface area contributed by atoms with E-state index in [1.807, 2.05) is 56.3 Å². The summed E-state index contributed by atoms with van der Waals surface area (Å²) in [7, 11) is 3.07. The molecule has 0 spiro atoms. The van der Waals surface area contributed by atoms with E-state index in [9.17, 15) is 14.9 Å². The molecule has 1 aliphatic carbocycles. The molecule has 226 valence electrons.